The van der Waals surface area contributed by atoms with E-state index in [9.17, 15) is 5.11 Å². The van der Waals surface area contributed by atoms with Crippen molar-refractivity contribution >= 4 is 22.6 Å². The Balaban J connectivity index is 2.03. The molecule has 1 aromatic carbocycles. The molecule has 0 radical (unpaired) electrons. The fourth-order valence-electron chi connectivity index (χ4n) is 1.89. The average Bonchev–Trinajstić information content (AvgIpc) is 2.93. The third-order valence-electron chi connectivity index (χ3n) is 2.77. The quantitative estimate of drug-likeness (QED) is 0.773. The number of halogens is 1. The van der Waals surface area contributed by atoms with Crippen LogP contribution in [0, 0.1) is 0 Å². The van der Waals surface area contributed by atoms with Gasteiger partial charge in [0.2, 0.25) is 0 Å². The zero-order valence-corrected chi connectivity index (χ0v) is 10.4. The molecular formula is C13H11ClN2O2. The molecule has 0 saturated carbocycles. The van der Waals surface area contributed by atoms with Crippen molar-refractivity contribution in [2.24, 2.45) is 7.05 Å². The molecule has 1 unspecified atom stereocenters. The van der Waals surface area contributed by atoms with Crippen LogP contribution < -0.4 is 0 Å². The van der Waals surface area contributed by atoms with Crippen LogP contribution in [0.4, 0.5) is 0 Å². The Hall–Kier alpha value is -1.78. The summed E-state index contributed by atoms with van der Waals surface area (Å²) in [5.74, 6) is 0.464. The first-order chi connectivity index (χ1) is 8.63. The number of nitrogens with zero attached hydrogens (tertiary/aromatic N) is 2. The summed E-state index contributed by atoms with van der Waals surface area (Å²) in [6, 6.07) is 7.12. The predicted octanol–water partition coefficient (Wildman–Crippen LogP) is 2.90. The van der Waals surface area contributed by atoms with Gasteiger partial charge in [-0.1, -0.05) is 11.6 Å². The van der Waals surface area contributed by atoms with Gasteiger partial charge in [-0.05, 0) is 24.3 Å². The number of imidazole rings is 1. The molecule has 5 heteroatoms. The number of benzene rings is 1. The van der Waals surface area contributed by atoms with Crippen molar-refractivity contribution in [2.75, 3.05) is 0 Å². The largest absolute Gasteiger partial charge is 0.458 e. The molecule has 18 heavy (non-hydrogen) atoms. The van der Waals surface area contributed by atoms with Crippen molar-refractivity contribution in [1.29, 1.82) is 0 Å². The highest BCUT2D eigenvalue weighted by molar-refractivity contribution is 6.31. The molecule has 2 heterocycles. The molecule has 0 aliphatic carbocycles. The maximum Gasteiger partial charge on any atom is 0.155 e. The summed E-state index contributed by atoms with van der Waals surface area (Å²) in [5.41, 5.74) is 1.26. The molecule has 0 saturated heterocycles. The monoisotopic (exact) mass is 262 g/mol. The second kappa shape index (κ2) is 4.15. The second-order valence-electron chi connectivity index (χ2n) is 4.20. The third kappa shape index (κ3) is 1.89. The predicted molar refractivity (Wildman–Crippen MR) is 68.5 cm³/mol. The second-order valence-corrected chi connectivity index (χ2v) is 4.63. The number of hydrogen-bond donors (Lipinski definition) is 1. The van der Waals surface area contributed by atoms with Gasteiger partial charge in [0.05, 0.1) is 12.0 Å². The van der Waals surface area contributed by atoms with Gasteiger partial charge >= 0.3 is 0 Å². The van der Waals surface area contributed by atoms with Gasteiger partial charge in [0.25, 0.3) is 0 Å². The van der Waals surface area contributed by atoms with Crippen molar-refractivity contribution < 1.29 is 9.52 Å². The molecular weight excluding hydrogens is 252 g/mol. The summed E-state index contributed by atoms with van der Waals surface area (Å²) in [5, 5.41) is 11.7. The van der Waals surface area contributed by atoms with Crippen LogP contribution in [-0.2, 0) is 7.05 Å². The van der Waals surface area contributed by atoms with Gasteiger partial charge in [-0.3, -0.25) is 0 Å². The van der Waals surface area contributed by atoms with Crippen molar-refractivity contribution in [2.45, 2.75) is 6.10 Å². The molecule has 1 atom stereocenters. The Morgan fingerprint density at radius 3 is 2.94 bits per heavy atom. The minimum atomic E-state index is -0.864. The summed E-state index contributed by atoms with van der Waals surface area (Å²) < 4.78 is 7.37. The van der Waals surface area contributed by atoms with Gasteiger partial charge in [0.15, 0.2) is 6.10 Å². The molecule has 0 fully saturated rings. The van der Waals surface area contributed by atoms with E-state index in [1.54, 1.807) is 41.4 Å². The van der Waals surface area contributed by atoms with Crippen molar-refractivity contribution in [3.8, 4) is 0 Å². The number of hydrogen-bond acceptors (Lipinski definition) is 3. The van der Waals surface area contributed by atoms with Gasteiger partial charge in [0.1, 0.15) is 11.3 Å². The highest BCUT2D eigenvalue weighted by Gasteiger charge is 2.17. The Labute approximate surface area is 108 Å². The fraction of sp³-hybridized carbons (Fsp3) is 0.154. The van der Waals surface area contributed by atoms with E-state index in [0.29, 0.717) is 22.1 Å². The Bertz CT molecular complexity index is 702. The van der Waals surface area contributed by atoms with E-state index in [-0.39, 0.29) is 0 Å². The van der Waals surface area contributed by atoms with E-state index < -0.39 is 6.10 Å². The molecule has 3 rings (SSSR count). The minimum Gasteiger partial charge on any atom is -0.458 e. The van der Waals surface area contributed by atoms with Crippen molar-refractivity contribution in [1.82, 2.24) is 9.55 Å². The lowest BCUT2D eigenvalue weighted by atomic mass is 10.2. The molecule has 0 aliphatic rings. The summed E-state index contributed by atoms with van der Waals surface area (Å²) in [7, 11) is 1.85. The van der Waals surface area contributed by atoms with E-state index >= 15 is 0 Å². The van der Waals surface area contributed by atoms with Crippen LogP contribution in [0.25, 0.3) is 11.0 Å². The summed E-state index contributed by atoms with van der Waals surface area (Å²) in [6.45, 7) is 0. The molecule has 3 aromatic rings. The van der Waals surface area contributed by atoms with Gasteiger partial charge in [0, 0.05) is 23.7 Å². The molecule has 0 aliphatic heterocycles. The zero-order valence-electron chi connectivity index (χ0n) is 9.67. The molecule has 92 valence electrons. The van der Waals surface area contributed by atoms with E-state index in [4.69, 9.17) is 16.0 Å². The van der Waals surface area contributed by atoms with Crippen LogP contribution in [0.15, 0.2) is 41.2 Å². The zero-order chi connectivity index (χ0) is 12.7. The van der Waals surface area contributed by atoms with E-state index in [1.165, 1.54) is 0 Å². The molecule has 1 N–H and O–H groups in total. The normalized spacial score (nSPS) is 13.1. The topological polar surface area (TPSA) is 51.2 Å². The van der Waals surface area contributed by atoms with Crippen molar-refractivity contribution in [3.63, 3.8) is 0 Å². The van der Waals surface area contributed by atoms with Gasteiger partial charge in [-0.2, -0.15) is 0 Å². The van der Waals surface area contributed by atoms with E-state index in [0.717, 1.165) is 5.39 Å². The SMILES string of the molecule is Cn1cnc(C(O)c2cc3cc(Cl)ccc3o2)c1. The number of rotatable bonds is 2. The first kappa shape index (κ1) is 11.3. The lowest BCUT2D eigenvalue weighted by Crippen LogP contribution is -1.97. The number of aromatic nitrogens is 2. The number of fused-ring (bicyclic) bond motifs is 1. The lowest BCUT2D eigenvalue weighted by molar-refractivity contribution is 0.188. The molecule has 2 aromatic heterocycles. The molecule has 4 nitrogen and oxygen atoms in total. The first-order valence-corrected chi connectivity index (χ1v) is 5.86. The molecule has 0 bridgehead atoms. The van der Waals surface area contributed by atoms with Crippen LogP contribution in [-0.4, -0.2) is 14.7 Å². The third-order valence-corrected chi connectivity index (χ3v) is 3.01. The Morgan fingerprint density at radius 2 is 2.22 bits per heavy atom. The lowest BCUT2D eigenvalue weighted by Gasteiger charge is -2.02. The summed E-state index contributed by atoms with van der Waals surface area (Å²) >= 11 is 5.91. The van der Waals surface area contributed by atoms with E-state index in [2.05, 4.69) is 4.98 Å². The molecule has 0 spiro atoms. The van der Waals surface area contributed by atoms with Gasteiger partial charge < -0.3 is 14.1 Å². The maximum absolute atomic E-state index is 10.2. The molecule has 0 amide bonds. The van der Waals surface area contributed by atoms with Crippen LogP contribution in [0.5, 0.6) is 0 Å². The Kier molecular flexibility index (Phi) is 2.61. The standard InChI is InChI=1S/C13H11ClN2O2/c1-16-6-10(15-7-16)13(17)12-5-8-4-9(14)2-3-11(8)18-12/h2-7,13,17H,1H3. The fourth-order valence-corrected chi connectivity index (χ4v) is 2.07. The smallest absolute Gasteiger partial charge is 0.155 e. The van der Waals surface area contributed by atoms with Crippen LogP contribution in [0.3, 0.4) is 0 Å². The number of aryl methyl sites for hydroxylation is 1. The van der Waals surface area contributed by atoms with Gasteiger partial charge in [-0.15, -0.1) is 0 Å². The Morgan fingerprint density at radius 1 is 1.39 bits per heavy atom. The van der Waals surface area contributed by atoms with Crippen LogP contribution in [0.2, 0.25) is 5.02 Å². The van der Waals surface area contributed by atoms with E-state index in [1.807, 2.05) is 7.05 Å². The van der Waals surface area contributed by atoms with Crippen molar-refractivity contribution in [3.05, 3.63) is 53.3 Å². The summed E-state index contributed by atoms with van der Waals surface area (Å²) in [6.07, 6.45) is 2.53. The first-order valence-electron chi connectivity index (χ1n) is 5.48. The number of aliphatic hydroxyl groups is 1. The van der Waals surface area contributed by atoms with Crippen LogP contribution >= 0.6 is 11.6 Å². The van der Waals surface area contributed by atoms with Crippen LogP contribution in [0.1, 0.15) is 17.6 Å². The minimum absolute atomic E-state index is 0.464. The highest BCUT2D eigenvalue weighted by atomic mass is 35.5. The number of furan rings is 1. The number of aliphatic hydroxyl groups excluding tert-OH is 1. The average molecular weight is 263 g/mol. The van der Waals surface area contributed by atoms with Gasteiger partial charge in [-0.25, -0.2) is 4.98 Å². The summed E-state index contributed by atoms with van der Waals surface area (Å²) in [4.78, 5) is 4.11. The highest BCUT2D eigenvalue weighted by Crippen LogP contribution is 2.28. The maximum atomic E-state index is 10.2.